The van der Waals surface area contributed by atoms with Crippen LogP contribution in [-0.4, -0.2) is 30.2 Å². The van der Waals surface area contributed by atoms with E-state index in [4.69, 9.17) is 5.11 Å². The van der Waals surface area contributed by atoms with Crippen molar-refractivity contribution in [2.24, 2.45) is 0 Å². The van der Waals surface area contributed by atoms with Crippen LogP contribution in [0, 0.1) is 6.92 Å². The number of pyridine rings is 1. The average Bonchev–Trinajstić information content (AvgIpc) is 2.07. The van der Waals surface area contributed by atoms with Gasteiger partial charge in [0.2, 0.25) is 10.0 Å². The monoisotopic (exact) mass is 308 g/mol. The molecule has 2 N–H and O–H groups in total. The van der Waals surface area contributed by atoms with E-state index in [0.717, 1.165) is 0 Å². The van der Waals surface area contributed by atoms with E-state index in [-0.39, 0.29) is 5.69 Å². The van der Waals surface area contributed by atoms with Gasteiger partial charge in [0.15, 0.2) is 5.75 Å². The lowest BCUT2D eigenvalue weighted by Crippen LogP contribution is -2.22. The number of nitrogens with zero attached hydrogens (tertiary/aromatic N) is 1. The van der Waals surface area contributed by atoms with Crippen molar-refractivity contribution in [3.63, 3.8) is 0 Å². The number of aromatic nitrogens is 1. The molecule has 0 fully saturated rings. The summed E-state index contributed by atoms with van der Waals surface area (Å²) < 4.78 is 25.4. The standard InChI is InChI=1S/C8H9BrN2O4S/c1-5-6(2-3-7(9)10-5)11-16(14,15)4-8(12)13/h2-3,11H,4H2,1H3,(H,12,13). The summed E-state index contributed by atoms with van der Waals surface area (Å²) >= 11 is 3.13. The molecule has 0 saturated carbocycles. The van der Waals surface area contributed by atoms with Crippen LogP contribution in [0.5, 0.6) is 0 Å². The number of aryl methyl sites for hydroxylation is 1. The van der Waals surface area contributed by atoms with Crippen LogP contribution in [0.2, 0.25) is 0 Å². The van der Waals surface area contributed by atoms with E-state index >= 15 is 0 Å². The summed E-state index contributed by atoms with van der Waals surface area (Å²) in [6.45, 7) is 1.61. The maximum absolute atomic E-state index is 11.3. The van der Waals surface area contributed by atoms with Crippen LogP contribution >= 0.6 is 15.9 Å². The SMILES string of the molecule is Cc1nc(Br)ccc1NS(=O)(=O)CC(=O)O. The Morgan fingerprint density at radius 1 is 1.56 bits per heavy atom. The van der Waals surface area contributed by atoms with Gasteiger partial charge in [-0.05, 0) is 35.0 Å². The molecule has 16 heavy (non-hydrogen) atoms. The highest BCUT2D eigenvalue weighted by Crippen LogP contribution is 2.17. The summed E-state index contributed by atoms with van der Waals surface area (Å²) in [4.78, 5) is 14.3. The predicted octanol–water partition coefficient (Wildman–Crippen LogP) is 0.979. The third-order valence-electron chi connectivity index (χ3n) is 1.63. The molecule has 0 atom stereocenters. The third-order valence-corrected chi connectivity index (χ3v) is 3.23. The van der Waals surface area contributed by atoms with Crippen LogP contribution in [-0.2, 0) is 14.8 Å². The molecule has 0 bridgehead atoms. The summed E-state index contributed by atoms with van der Waals surface area (Å²) in [5.74, 6) is -2.38. The van der Waals surface area contributed by atoms with Crippen molar-refractivity contribution >= 4 is 37.6 Å². The smallest absolute Gasteiger partial charge is 0.320 e. The summed E-state index contributed by atoms with van der Waals surface area (Å²) in [5, 5.41) is 8.40. The summed E-state index contributed by atoms with van der Waals surface area (Å²) in [7, 11) is -3.87. The highest BCUT2D eigenvalue weighted by atomic mass is 79.9. The Hall–Kier alpha value is -1.15. The van der Waals surface area contributed by atoms with Crippen LogP contribution < -0.4 is 4.72 Å². The fourth-order valence-corrected chi connectivity index (χ4v) is 2.35. The molecule has 0 aliphatic carbocycles. The molecule has 0 aromatic carbocycles. The number of sulfonamides is 1. The van der Waals surface area contributed by atoms with Gasteiger partial charge < -0.3 is 5.11 Å². The van der Waals surface area contributed by atoms with Gasteiger partial charge in [0.05, 0.1) is 11.4 Å². The maximum Gasteiger partial charge on any atom is 0.320 e. The Morgan fingerprint density at radius 3 is 2.69 bits per heavy atom. The Labute approximate surface area is 101 Å². The van der Waals surface area contributed by atoms with Gasteiger partial charge in [-0.3, -0.25) is 9.52 Å². The first-order valence-electron chi connectivity index (χ1n) is 4.15. The second-order valence-electron chi connectivity index (χ2n) is 3.02. The second-order valence-corrected chi connectivity index (χ2v) is 5.56. The molecule has 0 aliphatic heterocycles. The summed E-state index contributed by atoms with van der Waals surface area (Å²) in [6.07, 6.45) is 0. The molecule has 1 aromatic heterocycles. The molecule has 88 valence electrons. The Balaban J connectivity index is 2.92. The van der Waals surface area contributed by atoms with E-state index < -0.39 is 21.7 Å². The minimum atomic E-state index is -3.87. The molecule has 1 rings (SSSR count). The van der Waals surface area contributed by atoms with Crippen molar-refractivity contribution in [2.75, 3.05) is 10.5 Å². The zero-order valence-electron chi connectivity index (χ0n) is 8.27. The van der Waals surface area contributed by atoms with Gasteiger partial charge in [0.25, 0.3) is 0 Å². The predicted molar refractivity (Wildman–Crippen MR) is 61.7 cm³/mol. The number of carbonyl (C=O) groups is 1. The molecule has 1 heterocycles. The molecule has 6 nitrogen and oxygen atoms in total. The van der Waals surface area contributed by atoms with E-state index in [1.165, 1.54) is 6.07 Å². The fraction of sp³-hybridized carbons (Fsp3) is 0.250. The van der Waals surface area contributed by atoms with Gasteiger partial charge in [-0.1, -0.05) is 0 Å². The number of hydrogen-bond acceptors (Lipinski definition) is 4. The first-order chi connectivity index (χ1) is 7.30. The number of anilines is 1. The molecule has 0 spiro atoms. The highest BCUT2D eigenvalue weighted by molar-refractivity contribution is 9.10. The van der Waals surface area contributed by atoms with Crippen LogP contribution in [0.3, 0.4) is 0 Å². The number of carboxylic acids is 1. The van der Waals surface area contributed by atoms with Crippen molar-refractivity contribution in [3.8, 4) is 0 Å². The van der Waals surface area contributed by atoms with E-state index in [9.17, 15) is 13.2 Å². The molecule has 1 aromatic rings. The van der Waals surface area contributed by atoms with Gasteiger partial charge >= 0.3 is 5.97 Å². The average molecular weight is 309 g/mol. The molecule has 0 unspecified atom stereocenters. The molecular weight excluding hydrogens is 300 g/mol. The van der Waals surface area contributed by atoms with Crippen LogP contribution in [0.15, 0.2) is 16.7 Å². The lowest BCUT2D eigenvalue weighted by molar-refractivity contribution is -0.134. The maximum atomic E-state index is 11.3. The van der Waals surface area contributed by atoms with Gasteiger partial charge in [-0.2, -0.15) is 0 Å². The first-order valence-corrected chi connectivity index (χ1v) is 6.60. The number of hydrogen-bond donors (Lipinski definition) is 2. The third kappa shape index (κ3) is 3.78. The number of carboxylic acid groups (broad SMARTS) is 1. The van der Waals surface area contributed by atoms with E-state index in [1.807, 2.05) is 0 Å². The number of halogens is 1. The minimum Gasteiger partial charge on any atom is -0.480 e. The summed E-state index contributed by atoms with van der Waals surface area (Å²) in [6, 6.07) is 3.07. The van der Waals surface area contributed by atoms with Crippen molar-refractivity contribution in [1.82, 2.24) is 4.98 Å². The summed E-state index contributed by atoms with van der Waals surface area (Å²) in [5.41, 5.74) is 0.729. The molecule has 0 aliphatic rings. The van der Waals surface area contributed by atoms with Crippen molar-refractivity contribution in [3.05, 3.63) is 22.4 Å². The van der Waals surface area contributed by atoms with E-state index in [2.05, 4.69) is 25.6 Å². The van der Waals surface area contributed by atoms with E-state index in [0.29, 0.717) is 10.3 Å². The quantitative estimate of drug-likeness (QED) is 0.808. The Bertz CT molecular complexity index is 515. The van der Waals surface area contributed by atoms with Crippen molar-refractivity contribution in [1.29, 1.82) is 0 Å². The lowest BCUT2D eigenvalue weighted by atomic mass is 10.3. The van der Waals surface area contributed by atoms with Crippen LogP contribution in [0.1, 0.15) is 5.69 Å². The molecule has 0 amide bonds. The van der Waals surface area contributed by atoms with Crippen LogP contribution in [0.25, 0.3) is 0 Å². The van der Waals surface area contributed by atoms with Crippen LogP contribution in [0.4, 0.5) is 5.69 Å². The number of rotatable bonds is 4. The zero-order valence-corrected chi connectivity index (χ0v) is 10.7. The van der Waals surface area contributed by atoms with Gasteiger partial charge in [-0.15, -0.1) is 0 Å². The lowest BCUT2D eigenvalue weighted by Gasteiger charge is -2.08. The van der Waals surface area contributed by atoms with Crippen molar-refractivity contribution < 1.29 is 18.3 Å². The Morgan fingerprint density at radius 2 is 2.19 bits per heavy atom. The number of aliphatic carboxylic acids is 1. The molecular formula is C8H9BrN2O4S. The van der Waals surface area contributed by atoms with Crippen molar-refractivity contribution in [2.45, 2.75) is 6.92 Å². The zero-order chi connectivity index (χ0) is 12.3. The Kier molecular flexibility index (Phi) is 3.87. The van der Waals surface area contributed by atoms with E-state index in [1.54, 1.807) is 13.0 Å². The van der Waals surface area contributed by atoms with Gasteiger partial charge in [0, 0.05) is 0 Å². The second kappa shape index (κ2) is 4.79. The highest BCUT2D eigenvalue weighted by Gasteiger charge is 2.16. The van der Waals surface area contributed by atoms with Gasteiger partial charge in [-0.25, -0.2) is 13.4 Å². The molecule has 0 radical (unpaired) electrons. The number of nitrogens with one attached hydrogen (secondary N) is 1. The largest absolute Gasteiger partial charge is 0.480 e. The fourth-order valence-electron chi connectivity index (χ4n) is 1.00. The normalized spacial score (nSPS) is 11.1. The topological polar surface area (TPSA) is 96.4 Å². The van der Waals surface area contributed by atoms with Gasteiger partial charge in [0.1, 0.15) is 4.60 Å². The first kappa shape index (κ1) is 12.9. The molecule has 0 saturated heterocycles. The molecule has 8 heteroatoms. The minimum absolute atomic E-state index is 0.268.